The van der Waals surface area contributed by atoms with Gasteiger partial charge in [0.25, 0.3) is 0 Å². The third-order valence-electron chi connectivity index (χ3n) is 2.33. The number of carbonyl (C=O) groups excluding carboxylic acids is 1. The summed E-state index contributed by atoms with van der Waals surface area (Å²) in [5.74, 6) is -0.0716. The fourth-order valence-corrected chi connectivity index (χ4v) is 1.50. The van der Waals surface area contributed by atoms with Crippen LogP contribution in [-0.2, 0) is 14.3 Å². The molecule has 0 aromatic rings. The topological polar surface area (TPSA) is 59.6 Å². The molecule has 0 bridgehead atoms. The molecule has 2 N–H and O–H groups in total. The number of rotatable bonds is 6. The van der Waals surface area contributed by atoms with Crippen LogP contribution in [0.2, 0.25) is 0 Å². The van der Waals surface area contributed by atoms with Gasteiger partial charge >= 0.3 is 0 Å². The molecule has 1 atom stereocenters. The van der Waals surface area contributed by atoms with Gasteiger partial charge in [-0.15, -0.1) is 0 Å². The van der Waals surface area contributed by atoms with Crippen LogP contribution in [0.4, 0.5) is 0 Å². The molecule has 1 unspecified atom stereocenters. The first-order chi connectivity index (χ1) is 7.33. The number of piperidine rings is 1. The van der Waals surface area contributed by atoms with Crippen molar-refractivity contribution >= 4 is 5.91 Å². The lowest BCUT2D eigenvalue weighted by molar-refractivity contribution is -0.128. The molecule has 1 amide bonds. The largest absolute Gasteiger partial charge is 0.383 e. The molecule has 1 saturated heterocycles. The minimum absolute atomic E-state index is 0.0716. The van der Waals surface area contributed by atoms with Crippen molar-refractivity contribution in [3.63, 3.8) is 0 Å². The Morgan fingerprint density at radius 2 is 2.47 bits per heavy atom. The van der Waals surface area contributed by atoms with Gasteiger partial charge in [-0.2, -0.15) is 0 Å². The van der Waals surface area contributed by atoms with E-state index >= 15 is 0 Å². The summed E-state index contributed by atoms with van der Waals surface area (Å²) in [5, 5.41) is 5.95. The van der Waals surface area contributed by atoms with Gasteiger partial charge in [0.1, 0.15) is 6.61 Å². The number of methoxy groups -OCH3 is 1. The summed E-state index contributed by atoms with van der Waals surface area (Å²) in [7, 11) is 1.61. The maximum atomic E-state index is 11.2. The smallest absolute Gasteiger partial charge is 0.246 e. The van der Waals surface area contributed by atoms with Gasteiger partial charge in [-0.3, -0.25) is 4.79 Å². The SMILES string of the molecule is COCCNC(=O)COC1CCCNC1. The lowest BCUT2D eigenvalue weighted by Crippen LogP contribution is -2.38. The Balaban J connectivity index is 2.00. The van der Waals surface area contributed by atoms with Crippen LogP contribution in [-0.4, -0.2) is 52.0 Å². The van der Waals surface area contributed by atoms with Crippen molar-refractivity contribution in [2.45, 2.75) is 18.9 Å². The quantitative estimate of drug-likeness (QED) is 0.589. The van der Waals surface area contributed by atoms with Crippen molar-refractivity contribution in [2.75, 3.05) is 40.0 Å². The Morgan fingerprint density at radius 3 is 3.13 bits per heavy atom. The minimum atomic E-state index is -0.0716. The molecule has 1 fully saturated rings. The van der Waals surface area contributed by atoms with Crippen LogP contribution in [0.3, 0.4) is 0 Å². The van der Waals surface area contributed by atoms with E-state index in [2.05, 4.69) is 10.6 Å². The van der Waals surface area contributed by atoms with E-state index in [0.717, 1.165) is 25.9 Å². The van der Waals surface area contributed by atoms with Crippen LogP contribution in [0.1, 0.15) is 12.8 Å². The predicted molar refractivity (Wildman–Crippen MR) is 56.7 cm³/mol. The summed E-state index contributed by atoms with van der Waals surface area (Å²) < 4.78 is 10.3. The van der Waals surface area contributed by atoms with E-state index in [1.165, 1.54) is 0 Å². The maximum Gasteiger partial charge on any atom is 0.246 e. The van der Waals surface area contributed by atoms with Crippen LogP contribution in [0.25, 0.3) is 0 Å². The fourth-order valence-electron chi connectivity index (χ4n) is 1.50. The average Bonchev–Trinajstić information content (AvgIpc) is 2.28. The molecule has 1 rings (SSSR count). The summed E-state index contributed by atoms with van der Waals surface area (Å²) in [6.07, 6.45) is 2.35. The van der Waals surface area contributed by atoms with Crippen molar-refractivity contribution in [1.82, 2.24) is 10.6 Å². The van der Waals surface area contributed by atoms with Gasteiger partial charge in [-0.05, 0) is 19.4 Å². The van der Waals surface area contributed by atoms with Crippen molar-refractivity contribution in [2.24, 2.45) is 0 Å². The second-order valence-corrected chi connectivity index (χ2v) is 3.62. The molecule has 1 aliphatic heterocycles. The zero-order valence-corrected chi connectivity index (χ0v) is 9.25. The molecular weight excluding hydrogens is 196 g/mol. The second kappa shape index (κ2) is 7.62. The zero-order chi connectivity index (χ0) is 10.9. The van der Waals surface area contributed by atoms with Crippen molar-refractivity contribution in [3.05, 3.63) is 0 Å². The molecule has 1 heterocycles. The van der Waals surface area contributed by atoms with Gasteiger partial charge in [0.2, 0.25) is 5.91 Å². The molecule has 0 aromatic carbocycles. The number of amides is 1. The van der Waals surface area contributed by atoms with Crippen LogP contribution < -0.4 is 10.6 Å². The minimum Gasteiger partial charge on any atom is -0.383 e. The Bertz CT molecular complexity index is 182. The second-order valence-electron chi connectivity index (χ2n) is 3.62. The first-order valence-electron chi connectivity index (χ1n) is 5.41. The van der Waals surface area contributed by atoms with Gasteiger partial charge in [0.05, 0.1) is 12.7 Å². The number of hydrogen-bond acceptors (Lipinski definition) is 4. The number of nitrogens with one attached hydrogen (secondary N) is 2. The van der Waals surface area contributed by atoms with Crippen LogP contribution >= 0.6 is 0 Å². The molecule has 0 radical (unpaired) electrons. The summed E-state index contributed by atoms with van der Waals surface area (Å²) in [6, 6.07) is 0. The van der Waals surface area contributed by atoms with Gasteiger partial charge in [0, 0.05) is 20.2 Å². The number of hydrogen-bond donors (Lipinski definition) is 2. The van der Waals surface area contributed by atoms with Crippen LogP contribution in [0, 0.1) is 0 Å². The monoisotopic (exact) mass is 216 g/mol. The maximum absolute atomic E-state index is 11.2. The molecular formula is C10H20N2O3. The van der Waals surface area contributed by atoms with E-state index in [9.17, 15) is 4.79 Å². The van der Waals surface area contributed by atoms with Gasteiger partial charge in [-0.1, -0.05) is 0 Å². The van der Waals surface area contributed by atoms with Crippen LogP contribution in [0.15, 0.2) is 0 Å². The van der Waals surface area contributed by atoms with Crippen molar-refractivity contribution in [3.8, 4) is 0 Å². The molecule has 0 saturated carbocycles. The molecule has 88 valence electrons. The molecule has 5 nitrogen and oxygen atoms in total. The average molecular weight is 216 g/mol. The Labute approximate surface area is 90.5 Å². The van der Waals surface area contributed by atoms with Gasteiger partial charge in [0.15, 0.2) is 0 Å². The molecule has 0 spiro atoms. The van der Waals surface area contributed by atoms with E-state index < -0.39 is 0 Å². The molecule has 5 heteroatoms. The lowest BCUT2D eigenvalue weighted by Gasteiger charge is -2.22. The Hall–Kier alpha value is -0.650. The molecule has 0 aliphatic carbocycles. The van der Waals surface area contributed by atoms with E-state index in [4.69, 9.17) is 9.47 Å². The summed E-state index contributed by atoms with van der Waals surface area (Å²) >= 11 is 0. The highest BCUT2D eigenvalue weighted by atomic mass is 16.5. The van der Waals surface area contributed by atoms with Gasteiger partial charge < -0.3 is 20.1 Å². The number of carbonyl (C=O) groups is 1. The Kier molecular flexibility index (Phi) is 6.31. The first kappa shape index (κ1) is 12.4. The summed E-state index contributed by atoms with van der Waals surface area (Å²) in [6.45, 7) is 3.14. The van der Waals surface area contributed by atoms with E-state index in [0.29, 0.717) is 13.2 Å². The van der Waals surface area contributed by atoms with Crippen molar-refractivity contribution in [1.29, 1.82) is 0 Å². The zero-order valence-electron chi connectivity index (χ0n) is 9.25. The highest BCUT2D eigenvalue weighted by molar-refractivity contribution is 5.77. The fraction of sp³-hybridized carbons (Fsp3) is 0.900. The third kappa shape index (κ3) is 5.71. The van der Waals surface area contributed by atoms with E-state index in [-0.39, 0.29) is 18.6 Å². The molecule has 1 aliphatic rings. The highest BCUT2D eigenvalue weighted by Gasteiger charge is 2.14. The van der Waals surface area contributed by atoms with Crippen LogP contribution in [0.5, 0.6) is 0 Å². The van der Waals surface area contributed by atoms with Gasteiger partial charge in [-0.25, -0.2) is 0 Å². The lowest BCUT2D eigenvalue weighted by atomic mass is 10.1. The van der Waals surface area contributed by atoms with Crippen molar-refractivity contribution < 1.29 is 14.3 Å². The third-order valence-corrected chi connectivity index (χ3v) is 2.33. The first-order valence-corrected chi connectivity index (χ1v) is 5.41. The summed E-state index contributed by atoms with van der Waals surface area (Å²) in [4.78, 5) is 11.2. The predicted octanol–water partition coefficient (Wildman–Crippen LogP) is -0.482. The van der Waals surface area contributed by atoms with E-state index in [1.54, 1.807) is 7.11 Å². The standard InChI is InChI=1S/C10H20N2O3/c1-14-6-5-12-10(13)8-15-9-3-2-4-11-7-9/h9,11H,2-8H2,1H3,(H,12,13). The normalized spacial score (nSPS) is 21.3. The molecule has 0 aromatic heterocycles. The number of ether oxygens (including phenoxy) is 2. The summed E-state index contributed by atoms with van der Waals surface area (Å²) in [5.41, 5.74) is 0. The Morgan fingerprint density at radius 1 is 1.60 bits per heavy atom. The highest BCUT2D eigenvalue weighted by Crippen LogP contribution is 2.05. The molecule has 15 heavy (non-hydrogen) atoms. The van der Waals surface area contributed by atoms with E-state index in [1.807, 2.05) is 0 Å².